The zero-order valence-corrected chi connectivity index (χ0v) is 10.2. The second-order valence-electron chi connectivity index (χ2n) is 4.90. The smallest absolute Gasteiger partial charge is 0.243 e. The predicted octanol–water partition coefficient (Wildman–Crippen LogP) is 2.91. The number of amides is 1. The zero-order valence-electron chi connectivity index (χ0n) is 10.2. The molecule has 1 N–H and O–H groups in total. The van der Waals surface area contributed by atoms with E-state index in [-0.39, 0.29) is 11.3 Å². The standard InChI is InChI=1S/C14H19NO/c1-14(2,3)10-9-13(16)15-11-12-7-5-4-6-8-12/h4-10H,11H2,1-3H3,(H,15,16)/b10-9+. The predicted molar refractivity (Wildman–Crippen MR) is 66.9 cm³/mol. The lowest BCUT2D eigenvalue weighted by atomic mass is 9.96. The van der Waals surface area contributed by atoms with Gasteiger partial charge in [-0.05, 0) is 17.1 Å². The summed E-state index contributed by atoms with van der Waals surface area (Å²) < 4.78 is 0. The van der Waals surface area contributed by atoms with E-state index in [0.717, 1.165) is 5.56 Å². The summed E-state index contributed by atoms with van der Waals surface area (Å²) >= 11 is 0. The molecule has 0 saturated heterocycles. The van der Waals surface area contributed by atoms with Crippen molar-refractivity contribution in [3.8, 4) is 0 Å². The second-order valence-corrected chi connectivity index (χ2v) is 4.90. The average Bonchev–Trinajstić information content (AvgIpc) is 2.24. The number of carbonyl (C=O) groups excluding carboxylic acids is 1. The summed E-state index contributed by atoms with van der Waals surface area (Å²) in [5.41, 5.74) is 1.16. The number of nitrogens with one attached hydrogen (secondary N) is 1. The van der Waals surface area contributed by atoms with Crippen LogP contribution >= 0.6 is 0 Å². The Hall–Kier alpha value is -1.57. The Morgan fingerprint density at radius 3 is 2.44 bits per heavy atom. The van der Waals surface area contributed by atoms with Crippen molar-refractivity contribution in [3.63, 3.8) is 0 Å². The molecule has 2 heteroatoms. The monoisotopic (exact) mass is 217 g/mol. The maximum Gasteiger partial charge on any atom is 0.243 e. The molecule has 1 rings (SSSR count). The van der Waals surface area contributed by atoms with Gasteiger partial charge < -0.3 is 5.32 Å². The number of benzene rings is 1. The van der Waals surface area contributed by atoms with Gasteiger partial charge in [0.1, 0.15) is 0 Å². The van der Waals surface area contributed by atoms with Gasteiger partial charge in [-0.3, -0.25) is 4.79 Å². The molecule has 0 aromatic heterocycles. The molecule has 0 spiro atoms. The molecular formula is C14H19NO. The van der Waals surface area contributed by atoms with Crippen LogP contribution in [0, 0.1) is 5.41 Å². The van der Waals surface area contributed by atoms with Crippen LogP contribution in [0.25, 0.3) is 0 Å². The average molecular weight is 217 g/mol. The maximum atomic E-state index is 11.5. The van der Waals surface area contributed by atoms with E-state index in [4.69, 9.17) is 0 Å². The molecule has 0 aliphatic rings. The van der Waals surface area contributed by atoms with E-state index in [1.54, 1.807) is 6.08 Å². The van der Waals surface area contributed by atoms with E-state index < -0.39 is 0 Å². The molecule has 0 saturated carbocycles. The summed E-state index contributed by atoms with van der Waals surface area (Å²) in [6, 6.07) is 9.88. The molecule has 0 aliphatic heterocycles. The Balaban J connectivity index is 2.40. The third-order valence-corrected chi connectivity index (χ3v) is 2.04. The van der Waals surface area contributed by atoms with Crippen molar-refractivity contribution in [2.45, 2.75) is 27.3 Å². The van der Waals surface area contributed by atoms with Crippen molar-refractivity contribution in [3.05, 3.63) is 48.0 Å². The fourth-order valence-electron chi connectivity index (χ4n) is 1.17. The largest absolute Gasteiger partial charge is 0.348 e. The minimum absolute atomic E-state index is 0.0428. The van der Waals surface area contributed by atoms with Crippen LogP contribution in [-0.4, -0.2) is 5.91 Å². The summed E-state index contributed by atoms with van der Waals surface area (Å²) in [6.45, 7) is 6.77. The number of hydrogen-bond donors (Lipinski definition) is 1. The first-order valence-corrected chi connectivity index (χ1v) is 5.48. The first-order chi connectivity index (χ1) is 7.47. The topological polar surface area (TPSA) is 29.1 Å². The van der Waals surface area contributed by atoms with Gasteiger partial charge in [0.25, 0.3) is 0 Å². The first kappa shape index (κ1) is 12.5. The number of hydrogen-bond acceptors (Lipinski definition) is 1. The van der Waals surface area contributed by atoms with Crippen LogP contribution in [0.5, 0.6) is 0 Å². The molecule has 0 bridgehead atoms. The highest BCUT2D eigenvalue weighted by Crippen LogP contribution is 2.13. The molecule has 1 amide bonds. The zero-order chi connectivity index (χ0) is 12.0. The van der Waals surface area contributed by atoms with Gasteiger partial charge in [0, 0.05) is 6.54 Å². The van der Waals surface area contributed by atoms with Crippen LogP contribution in [0.4, 0.5) is 0 Å². The Labute approximate surface area is 97.4 Å². The fourth-order valence-corrected chi connectivity index (χ4v) is 1.17. The molecule has 2 nitrogen and oxygen atoms in total. The minimum Gasteiger partial charge on any atom is -0.348 e. The van der Waals surface area contributed by atoms with E-state index in [2.05, 4.69) is 26.1 Å². The van der Waals surface area contributed by atoms with E-state index >= 15 is 0 Å². The Morgan fingerprint density at radius 1 is 1.25 bits per heavy atom. The maximum absolute atomic E-state index is 11.5. The van der Waals surface area contributed by atoms with Crippen molar-refractivity contribution in [1.29, 1.82) is 0 Å². The molecule has 1 aromatic carbocycles. The van der Waals surface area contributed by atoms with Crippen LogP contribution in [0.2, 0.25) is 0 Å². The summed E-state index contributed by atoms with van der Waals surface area (Å²) in [5.74, 6) is -0.0428. The number of allylic oxidation sites excluding steroid dienone is 1. The highest BCUT2D eigenvalue weighted by atomic mass is 16.1. The van der Waals surface area contributed by atoms with Crippen molar-refractivity contribution in [2.24, 2.45) is 5.41 Å². The lowest BCUT2D eigenvalue weighted by molar-refractivity contribution is -0.116. The van der Waals surface area contributed by atoms with Crippen molar-refractivity contribution < 1.29 is 4.79 Å². The molecule has 0 atom stereocenters. The molecule has 0 unspecified atom stereocenters. The minimum atomic E-state index is -0.0428. The summed E-state index contributed by atoms with van der Waals surface area (Å²) in [7, 11) is 0. The fraction of sp³-hybridized carbons (Fsp3) is 0.357. The normalized spacial score (nSPS) is 11.7. The lowest BCUT2D eigenvalue weighted by Gasteiger charge is -2.10. The lowest BCUT2D eigenvalue weighted by Crippen LogP contribution is -2.20. The Morgan fingerprint density at radius 2 is 1.88 bits per heavy atom. The number of carbonyl (C=O) groups is 1. The van der Waals surface area contributed by atoms with Crippen LogP contribution in [0.1, 0.15) is 26.3 Å². The second kappa shape index (κ2) is 5.50. The summed E-state index contributed by atoms with van der Waals surface area (Å²) in [4.78, 5) is 11.5. The molecular weight excluding hydrogens is 198 g/mol. The molecule has 0 aliphatic carbocycles. The van der Waals surface area contributed by atoms with Gasteiger partial charge >= 0.3 is 0 Å². The van der Waals surface area contributed by atoms with E-state index in [9.17, 15) is 4.79 Å². The highest BCUT2D eigenvalue weighted by molar-refractivity contribution is 5.87. The molecule has 1 aromatic rings. The highest BCUT2D eigenvalue weighted by Gasteiger charge is 2.05. The van der Waals surface area contributed by atoms with Crippen LogP contribution < -0.4 is 5.32 Å². The van der Waals surface area contributed by atoms with Crippen LogP contribution in [0.15, 0.2) is 42.5 Å². The van der Waals surface area contributed by atoms with Crippen molar-refractivity contribution >= 4 is 5.91 Å². The van der Waals surface area contributed by atoms with Crippen LogP contribution in [-0.2, 0) is 11.3 Å². The van der Waals surface area contributed by atoms with Gasteiger partial charge in [0.2, 0.25) is 5.91 Å². The van der Waals surface area contributed by atoms with Crippen LogP contribution in [0.3, 0.4) is 0 Å². The Kier molecular flexibility index (Phi) is 4.29. The third-order valence-electron chi connectivity index (χ3n) is 2.04. The molecule has 16 heavy (non-hydrogen) atoms. The summed E-state index contributed by atoms with van der Waals surface area (Å²) in [5, 5.41) is 2.85. The van der Waals surface area contributed by atoms with Crippen molar-refractivity contribution in [1.82, 2.24) is 5.32 Å². The summed E-state index contributed by atoms with van der Waals surface area (Å²) in [6.07, 6.45) is 3.51. The van der Waals surface area contributed by atoms with Crippen molar-refractivity contribution in [2.75, 3.05) is 0 Å². The quantitative estimate of drug-likeness (QED) is 0.775. The van der Waals surface area contributed by atoms with E-state index in [0.29, 0.717) is 6.54 Å². The van der Waals surface area contributed by atoms with Gasteiger partial charge in [-0.25, -0.2) is 0 Å². The van der Waals surface area contributed by atoms with E-state index in [1.165, 1.54) is 0 Å². The third kappa shape index (κ3) is 5.35. The van der Waals surface area contributed by atoms with Gasteiger partial charge in [-0.1, -0.05) is 57.2 Å². The first-order valence-electron chi connectivity index (χ1n) is 5.48. The van der Waals surface area contributed by atoms with E-state index in [1.807, 2.05) is 36.4 Å². The molecule has 86 valence electrons. The van der Waals surface area contributed by atoms with Gasteiger partial charge in [-0.15, -0.1) is 0 Å². The SMILES string of the molecule is CC(C)(C)/C=C/C(=O)NCc1ccccc1. The number of rotatable bonds is 3. The van der Waals surface area contributed by atoms with Gasteiger partial charge in [0.15, 0.2) is 0 Å². The molecule has 0 heterocycles. The van der Waals surface area contributed by atoms with Gasteiger partial charge in [0.05, 0.1) is 0 Å². The molecule has 0 fully saturated rings. The Bertz CT molecular complexity index is 360. The van der Waals surface area contributed by atoms with Gasteiger partial charge in [-0.2, -0.15) is 0 Å². The molecule has 0 radical (unpaired) electrons.